The molecule has 1 saturated carbocycles. The number of aromatic hydroxyl groups is 1. The van der Waals surface area contributed by atoms with Crippen LogP contribution in [0, 0.1) is 11.8 Å². The van der Waals surface area contributed by atoms with E-state index in [4.69, 9.17) is 14.9 Å². The molecule has 48 heavy (non-hydrogen) atoms. The molecule has 2 aromatic heterocycles. The summed E-state index contributed by atoms with van der Waals surface area (Å²) >= 11 is 0. The van der Waals surface area contributed by atoms with Crippen molar-refractivity contribution in [2.45, 2.75) is 115 Å². The zero-order valence-corrected chi connectivity index (χ0v) is 29.2. The Labute approximate surface area is 287 Å². The van der Waals surface area contributed by atoms with Crippen molar-refractivity contribution < 1.29 is 24.5 Å². The molecule has 0 radical (unpaired) electrons. The number of rotatable bonds is 20. The Balaban J connectivity index is 1.19. The SMILES string of the molecule is CNC(COc1cc(CCc2cc(CO)c(CCCCCCCN)o2)ccc1O)c1cc2c([nH]1)CCC1CCCC1C2CNCC(C)O. The van der Waals surface area contributed by atoms with Crippen LogP contribution in [0.1, 0.15) is 116 Å². The Morgan fingerprint density at radius 3 is 2.67 bits per heavy atom. The number of benzene rings is 1. The summed E-state index contributed by atoms with van der Waals surface area (Å²) in [6.07, 6.45) is 13.7. The number of furan rings is 1. The number of phenols is 1. The lowest BCUT2D eigenvalue weighted by molar-refractivity contribution is 0.188. The van der Waals surface area contributed by atoms with Crippen LogP contribution in [0.2, 0.25) is 0 Å². The Hall–Kier alpha value is -2.82. The van der Waals surface area contributed by atoms with Gasteiger partial charge < -0.3 is 45.8 Å². The van der Waals surface area contributed by atoms with Gasteiger partial charge in [0.05, 0.1) is 18.8 Å². The minimum absolute atomic E-state index is 0.0126. The summed E-state index contributed by atoms with van der Waals surface area (Å²) in [4.78, 5) is 3.76. The fourth-order valence-corrected chi connectivity index (χ4v) is 8.04. The minimum Gasteiger partial charge on any atom is -0.504 e. The van der Waals surface area contributed by atoms with E-state index < -0.39 is 0 Å². The molecule has 5 rings (SSSR count). The van der Waals surface area contributed by atoms with Crippen LogP contribution in [0.3, 0.4) is 0 Å². The van der Waals surface area contributed by atoms with Crippen molar-refractivity contribution in [1.29, 1.82) is 0 Å². The number of unbranched alkanes of at least 4 members (excludes halogenated alkanes) is 4. The summed E-state index contributed by atoms with van der Waals surface area (Å²) in [5.41, 5.74) is 11.4. The second-order valence-electron chi connectivity index (χ2n) is 14.2. The first-order valence-electron chi connectivity index (χ1n) is 18.5. The van der Waals surface area contributed by atoms with Crippen molar-refractivity contribution in [2.24, 2.45) is 17.6 Å². The largest absolute Gasteiger partial charge is 0.504 e. The number of aromatic nitrogens is 1. The first kappa shape index (κ1) is 36.5. The molecular formula is C39H60N4O5. The number of hydrogen-bond donors (Lipinski definition) is 7. The van der Waals surface area contributed by atoms with E-state index in [1.54, 1.807) is 6.07 Å². The maximum Gasteiger partial charge on any atom is 0.161 e. The van der Waals surface area contributed by atoms with Gasteiger partial charge in [0, 0.05) is 48.8 Å². The van der Waals surface area contributed by atoms with E-state index in [9.17, 15) is 15.3 Å². The van der Waals surface area contributed by atoms with Crippen LogP contribution >= 0.6 is 0 Å². The van der Waals surface area contributed by atoms with Crippen LogP contribution in [0.25, 0.3) is 0 Å². The van der Waals surface area contributed by atoms with Gasteiger partial charge in [-0.15, -0.1) is 0 Å². The number of aliphatic hydroxyl groups is 2. The third-order valence-electron chi connectivity index (χ3n) is 10.7. The third-order valence-corrected chi connectivity index (χ3v) is 10.7. The highest BCUT2D eigenvalue weighted by Gasteiger charge is 2.38. The molecule has 2 aliphatic carbocycles. The molecule has 2 aliphatic rings. The summed E-state index contributed by atoms with van der Waals surface area (Å²) < 4.78 is 12.4. The molecule has 1 fully saturated rings. The van der Waals surface area contributed by atoms with E-state index in [0.29, 0.717) is 37.2 Å². The topological polar surface area (TPSA) is 149 Å². The van der Waals surface area contributed by atoms with Crippen LogP contribution in [0.15, 0.2) is 34.7 Å². The highest BCUT2D eigenvalue weighted by Crippen LogP contribution is 2.47. The molecule has 0 bridgehead atoms. The number of H-pyrrole nitrogens is 1. The normalized spacial score (nSPS) is 20.3. The predicted molar refractivity (Wildman–Crippen MR) is 191 cm³/mol. The van der Waals surface area contributed by atoms with Gasteiger partial charge >= 0.3 is 0 Å². The first-order chi connectivity index (χ1) is 23.4. The Kier molecular flexibility index (Phi) is 13.9. The van der Waals surface area contributed by atoms with Crippen LogP contribution in [-0.4, -0.2) is 59.7 Å². The number of phenolic OH excluding ortho intramolecular Hbond substituents is 1. The lowest BCUT2D eigenvalue weighted by Crippen LogP contribution is -2.32. The fraction of sp³-hybridized carbons (Fsp3) is 0.641. The second-order valence-corrected chi connectivity index (χ2v) is 14.2. The molecule has 5 atom stereocenters. The van der Waals surface area contributed by atoms with E-state index >= 15 is 0 Å². The second kappa shape index (κ2) is 18.3. The fourth-order valence-electron chi connectivity index (χ4n) is 8.04. The standard InChI is InChI=1S/C39H60N4O5/c1-26(45)22-42-23-33-31-10-8-9-28(31)14-16-34-32(33)21-35(43-34)36(41-2)25-47-39-19-27(13-17-37(39)46)12-15-30-20-29(24-44)38(48-30)11-6-4-3-5-7-18-40/h13,17,19-21,26,28,31,33,36,41-46H,3-12,14-16,18,22-25,40H2,1-2H3. The molecule has 0 amide bonds. The number of aryl methyl sites for hydroxylation is 4. The van der Waals surface area contributed by atoms with E-state index in [-0.39, 0.29) is 24.5 Å². The van der Waals surface area contributed by atoms with Gasteiger partial charge in [-0.3, -0.25) is 0 Å². The number of aliphatic hydroxyl groups excluding tert-OH is 2. The number of fused-ring (bicyclic) bond motifs is 2. The van der Waals surface area contributed by atoms with Gasteiger partial charge in [0.15, 0.2) is 11.5 Å². The number of nitrogens with two attached hydrogens (primary N) is 1. The van der Waals surface area contributed by atoms with Crippen LogP contribution < -0.4 is 21.1 Å². The molecule has 0 saturated heterocycles. The molecule has 9 nitrogen and oxygen atoms in total. The lowest BCUT2D eigenvalue weighted by Gasteiger charge is -2.27. The average Bonchev–Trinajstić information content (AvgIpc) is 3.81. The molecule has 8 N–H and O–H groups in total. The van der Waals surface area contributed by atoms with Gasteiger partial charge in [0.25, 0.3) is 0 Å². The van der Waals surface area contributed by atoms with Crippen molar-refractivity contribution in [3.63, 3.8) is 0 Å². The van der Waals surface area contributed by atoms with Gasteiger partial charge in [-0.1, -0.05) is 38.2 Å². The number of hydrogen-bond acceptors (Lipinski definition) is 8. The van der Waals surface area contributed by atoms with Crippen molar-refractivity contribution in [1.82, 2.24) is 15.6 Å². The van der Waals surface area contributed by atoms with Crippen molar-refractivity contribution >= 4 is 0 Å². The number of ether oxygens (including phenoxy) is 1. The molecule has 2 heterocycles. The van der Waals surface area contributed by atoms with Crippen molar-refractivity contribution in [3.05, 3.63) is 69.9 Å². The quantitative estimate of drug-likeness (QED) is 0.0750. The van der Waals surface area contributed by atoms with Crippen LogP contribution in [0.4, 0.5) is 0 Å². The molecule has 5 unspecified atom stereocenters. The highest BCUT2D eigenvalue weighted by atomic mass is 16.5. The van der Waals surface area contributed by atoms with E-state index in [1.165, 1.54) is 49.8 Å². The summed E-state index contributed by atoms with van der Waals surface area (Å²) in [6.45, 7) is 4.44. The molecular weight excluding hydrogens is 604 g/mol. The van der Waals surface area contributed by atoms with E-state index in [0.717, 1.165) is 85.9 Å². The smallest absolute Gasteiger partial charge is 0.161 e. The van der Waals surface area contributed by atoms with Gasteiger partial charge in [0.1, 0.15) is 18.1 Å². The van der Waals surface area contributed by atoms with Gasteiger partial charge in [-0.25, -0.2) is 0 Å². The molecule has 0 aliphatic heterocycles. The van der Waals surface area contributed by atoms with Gasteiger partial charge in [0.2, 0.25) is 0 Å². The summed E-state index contributed by atoms with van der Waals surface area (Å²) in [5, 5.41) is 37.4. The summed E-state index contributed by atoms with van der Waals surface area (Å²) in [5.74, 6) is 4.26. The molecule has 3 aromatic rings. The maximum absolute atomic E-state index is 10.7. The molecule has 9 heteroatoms. The summed E-state index contributed by atoms with van der Waals surface area (Å²) in [7, 11) is 1.95. The Morgan fingerprint density at radius 1 is 1.04 bits per heavy atom. The zero-order chi connectivity index (χ0) is 33.9. The van der Waals surface area contributed by atoms with E-state index in [2.05, 4.69) is 21.7 Å². The maximum atomic E-state index is 10.7. The van der Waals surface area contributed by atoms with Crippen molar-refractivity contribution in [2.75, 3.05) is 33.3 Å². The average molecular weight is 665 g/mol. The van der Waals surface area contributed by atoms with E-state index in [1.807, 2.05) is 32.2 Å². The van der Waals surface area contributed by atoms with Gasteiger partial charge in [-0.05, 0) is 106 Å². The minimum atomic E-state index is -0.356. The Morgan fingerprint density at radius 2 is 1.88 bits per heavy atom. The summed E-state index contributed by atoms with van der Waals surface area (Å²) in [6, 6.07) is 9.82. The number of nitrogens with one attached hydrogen (secondary N) is 3. The molecule has 1 aromatic carbocycles. The first-order valence-corrected chi connectivity index (χ1v) is 18.5. The van der Waals surface area contributed by atoms with Crippen molar-refractivity contribution in [3.8, 4) is 11.5 Å². The zero-order valence-electron chi connectivity index (χ0n) is 29.2. The molecule has 266 valence electrons. The Bertz CT molecular complexity index is 1400. The number of aromatic amines is 1. The van der Waals surface area contributed by atoms with Crippen LogP contribution in [-0.2, 0) is 32.3 Å². The number of likely N-dealkylation sites (N-methyl/N-ethyl adjacent to an activating group) is 1. The highest BCUT2D eigenvalue weighted by molar-refractivity contribution is 5.42. The van der Waals surface area contributed by atoms with Gasteiger partial charge in [-0.2, -0.15) is 0 Å². The monoisotopic (exact) mass is 664 g/mol. The predicted octanol–water partition coefficient (Wildman–Crippen LogP) is 5.80. The third kappa shape index (κ3) is 9.66. The van der Waals surface area contributed by atoms with Crippen LogP contribution in [0.5, 0.6) is 11.5 Å². The lowest BCUT2D eigenvalue weighted by atomic mass is 9.80. The molecule has 0 spiro atoms.